The Morgan fingerprint density at radius 1 is 1.40 bits per heavy atom. The molecule has 8 nitrogen and oxygen atoms in total. The van der Waals surface area contributed by atoms with Crippen molar-refractivity contribution >= 4 is 11.8 Å². The maximum absolute atomic E-state index is 12.2. The van der Waals surface area contributed by atoms with Crippen molar-refractivity contribution in [3.8, 4) is 0 Å². The van der Waals surface area contributed by atoms with Crippen LogP contribution in [0.3, 0.4) is 0 Å². The number of nitrogens with one attached hydrogen (secondary N) is 3. The van der Waals surface area contributed by atoms with Gasteiger partial charge in [0, 0.05) is 43.8 Å². The van der Waals surface area contributed by atoms with Gasteiger partial charge in [-0.3, -0.25) is 14.3 Å². The maximum atomic E-state index is 12.2. The first kappa shape index (κ1) is 17.2. The molecule has 2 aromatic heterocycles. The fraction of sp³-hybridized carbons (Fsp3) is 0.471. The van der Waals surface area contributed by atoms with E-state index in [1.54, 1.807) is 24.7 Å². The number of amides is 2. The summed E-state index contributed by atoms with van der Waals surface area (Å²) in [7, 11) is 0. The van der Waals surface area contributed by atoms with Gasteiger partial charge in [-0.2, -0.15) is 5.10 Å². The molecule has 0 unspecified atom stereocenters. The van der Waals surface area contributed by atoms with Gasteiger partial charge in [0.25, 0.3) is 5.91 Å². The van der Waals surface area contributed by atoms with Gasteiger partial charge in [0.15, 0.2) is 0 Å². The number of nitrogens with zero attached hydrogens (tertiary/aromatic N) is 2. The molecule has 0 bridgehead atoms. The molecular formula is C17H23N5O3. The third-order valence-electron chi connectivity index (χ3n) is 4.50. The number of carbonyl (C=O) groups excluding carboxylic acids is 2. The first-order valence-corrected chi connectivity index (χ1v) is 8.50. The second-order valence-electron chi connectivity index (χ2n) is 6.33. The SMILES string of the molecule is O=C(N[C@H]1C[C@H](C(=O)NCCCn2cccn2)C[C@@H]1O)c1cc[nH]c1. The van der Waals surface area contributed by atoms with Gasteiger partial charge in [-0.05, 0) is 31.4 Å². The van der Waals surface area contributed by atoms with Crippen molar-refractivity contribution < 1.29 is 14.7 Å². The molecule has 3 rings (SSSR count). The van der Waals surface area contributed by atoms with E-state index in [-0.39, 0.29) is 17.7 Å². The van der Waals surface area contributed by atoms with Crippen molar-refractivity contribution in [2.24, 2.45) is 5.92 Å². The first-order chi connectivity index (χ1) is 12.1. The Morgan fingerprint density at radius 3 is 3.00 bits per heavy atom. The van der Waals surface area contributed by atoms with Gasteiger partial charge >= 0.3 is 0 Å². The number of aromatic nitrogens is 3. The molecule has 0 aliphatic heterocycles. The van der Waals surface area contributed by atoms with E-state index in [1.165, 1.54) is 0 Å². The number of aryl methyl sites for hydroxylation is 1. The topological polar surface area (TPSA) is 112 Å². The van der Waals surface area contributed by atoms with E-state index in [0.717, 1.165) is 13.0 Å². The van der Waals surface area contributed by atoms with Gasteiger partial charge in [-0.15, -0.1) is 0 Å². The molecule has 134 valence electrons. The summed E-state index contributed by atoms with van der Waals surface area (Å²) in [5.41, 5.74) is 0.513. The van der Waals surface area contributed by atoms with Gasteiger partial charge in [0.1, 0.15) is 0 Å². The number of rotatable bonds is 7. The van der Waals surface area contributed by atoms with Gasteiger partial charge in [-0.25, -0.2) is 0 Å². The van der Waals surface area contributed by atoms with Gasteiger partial charge < -0.3 is 20.7 Å². The average molecular weight is 345 g/mol. The van der Waals surface area contributed by atoms with E-state index in [1.807, 2.05) is 16.9 Å². The highest BCUT2D eigenvalue weighted by atomic mass is 16.3. The highest BCUT2D eigenvalue weighted by Crippen LogP contribution is 2.26. The average Bonchev–Trinajstić information content (AvgIpc) is 3.34. The minimum absolute atomic E-state index is 0.0714. The molecule has 1 saturated carbocycles. The number of H-pyrrole nitrogens is 1. The summed E-state index contributed by atoms with van der Waals surface area (Å²) in [5, 5.41) is 19.9. The minimum Gasteiger partial charge on any atom is -0.391 e. The van der Waals surface area contributed by atoms with Crippen LogP contribution in [-0.2, 0) is 11.3 Å². The molecule has 3 atom stereocenters. The van der Waals surface area contributed by atoms with Crippen LogP contribution in [0.25, 0.3) is 0 Å². The van der Waals surface area contributed by atoms with Gasteiger partial charge in [0.2, 0.25) is 5.91 Å². The molecule has 25 heavy (non-hydrogen) atoms. The number of aromatic amines is 1. The van der Waals surface area contributed by atoms with Crippen molar-refractivity contribution in [2.45, 2.75) is 38.0 Å². The van der Waals surface area contributed by atoms with Crippen molar-refractivity contribution in [3.63, 3.8) is 0 Å². The minimum atomic E-state index is -0.706. The molecule has 1 aliphatic carbocycles. The van der Waals surface area contributed by atoms with Crippen LogP contribution in [0.2, 0.25) is 0 Å². The van der Waals surface area contributed by atoms with E-state index in [4.69, 9.17) is 0 Å². The van der Waals surface area contributed by atoms with Crippen LogP contribution in [0.5, 0.6) is 0 Å². The molecule has 0 radical (unpaired) electrons. The molecule has 8 heteroatoms. The summed E-state index contributed by atoms with van der Waals surface area (Å²) in [5.74, 6) is -0.597. The van der Waals surface area contributed by atoms with E-state index >= 15 is 0 Å². The lowest BCUT2D eigenvalue weighted by molar-refractivity contribution is -0.125. The van der Waals surface area contributed by atoms with Crippen LogP contribution in [-0.4, -0.2) is 50.4 Å². The Labute approximate surface area is 145 Å². The van der Waals surface area contributed by atoms with Crippen molar-refractivity contribution in [1.82, 2.24) is 25.4 Å². The summed E-state index contributed by atoms with van der Waals surface area (Å²) in [6, 6.07) is 3.13. The normalized spacial score (nSPS) is 22.7. The molecule has 1 aliphatic rings. The van der Waals surface area contributed by atoms with Crippen LogP contribution in [0.4, 0.5) is 0 Å². The van der Waals surface area contributed by atoms with E-state index in [0.29, 0.717) is 24.9 Å². The fourth-order valence-electron chi connectivity index (χ4n) is 3.13. The lowest BCUT2D eigenvalue weighted by Crippen LogP contribution is -2.40. The highest BCUT2D eigenvalue weighted by Gasteiger charge is 2.37. The smallest absolute Gasteiger partial charge is 0.253 e. The Morgan fingerprint density at radius 2 is 2.28 bits per heavy atom. The molecule has 0 saturated heterocycles. The van der Waals surface area contributed by atoms with E-state index < -0.39 is 12.1 Å². The zero-order chi connectivity index (χ0) is 17.6. The third kappa shape index (κ3) is 4.48. The lowest BCUT2D eigenvalue weighted by Gasteiger charge is -2.15. The number of aliphatic hydroxyl groups excluding tert-OH is 1. The molecule has 4 N–H and O–H groups in total. The molecular weight excluding hydrogens is 322 g/mol. The van der Waals surface area contributed by atoms with Gasteiger partial charge in [0.05, 0.1) is 17.7 Å². The zero-order valence-corrected chi connectivity index (χ0v) is 13.9. The van der Waals surface area contributed by atoms with E-state index in [2.05, 4.69) is 20.7 Å². The molecule has 0 aromatic carbocycles. The van der Waals surface area contributed by atoms with Crippen molar-refractivity contribution in [3.05, 3.63) is 42.5 Å². The predicted octanol–water partition coefficient (Wildman–Crippen LogP) is 0.287. The molecule has 2 amide bonds. The number of hydrogen-bond donors (Lipinski definition) is 4. The Balaban J connectivity index is 1.41. The Bertz CT molecular complexity index is 683. The van der Waals surface area contributed by atoms with Crippen LogP contribution in [0.15, 0.2) is 36.9 Å². The van der Waals surface area contributed by atoms with Crippen LogP contribution in [0, 0.1) is 5.92 Å². The Kier molecular flexibility index (Phi) is 5.49. The molecule has 1 fully saturated rings. The summed E-state index contributed by atoms with van der Waals surface area (Å²) < 4.78 is 1.82. The van der Waals surface area contributed by atoms with Crippen LogP contribution < -0.4 is 10.6 Å². The Hall–Kier alpha value is -2.61. The monoisotopic (exact) mass is 345 g/mol. The summed E-state index contributed by atoms with van der Waals surface area (Å²) in [6.07, 6.45) is 7.76. The first-order valence-electron chi connectivity index (χ1n) is 8.50. The third-order valence-corrected chi connectivity index (χ3v) is 4.50. The van der Waals surface area contributed by atoms with Crippen LogP contribution >= 0.6 is 0 Å². The lowest BCUT2D eigenvalue weighted by atomic mass is 10.1. The number of aliphatic hydroxyl groups is 1. The fourth-order valence-corrected chi connectivity index (χ4v) is 3.13. The molecule has 0 spiro atoms. The second kappa shape index (κ2) is 7.98. The quantitative estimate of drug-likeness (QED) is 0.540. The second-order valence-corrected chi connectivity index (χ2v) is 6.33. The summed E-state index contributed by atoms with van der Waals surface area (Å²) in [4.78, 5) is 27.1. The summed E-state index contributed by atoms with van der Waals surface area (Å²) >= 11 is 0. The number of hydrogen-bond acceptors (Lipinski definition) is 4. The largest absolute Gasteiger partial charge is 0.391 e. The number of carbonyl (C=O) groups is 2. The molecule has 2 heterocycles. The molecule has 2 aromatic rings. The maximum Gasteiger partial charge on any atom is 0.253 e. The summed E-state index contributed by atoms with van der Waals surface area (Å²) in [6.45, 7) is 1.31. The van der Waals surface area contributed by atoms with Crippen LogP contribution in [0.1, 0.15) is 29.6 Å². The predicted molar refractivity (Wildman–Crippen MR) is 90.6 cm³/mol. The standard InChI is InChI=1S/C17H23N5O3/c23-15-10-13(9-14(15)21-17(25)12-3-6-18-11-12)16(24)19-4-1-7-22-8-2-5-20-22/h2-3,5-6,8,11,13-15,18,23H,1,4,7,9-10H2,(H,19,24)(H,21,25)/t13-,14-,15-/m0/s1. The van der Waals surface area contributed by atoms with Crippen molar-refractivity contribution in [1.29, 1.82) is 0 Å². The van der Waals surface area contributed by atoms with E-state index in [9.17, 15) is 14.7 Å². The van der Waals surface area contributed by atoms with Gasteiger partial charge in [-0.1, -0.05) is 0 Å². The highest BCUT2D eigenvalue weighted by molar-refractivity contribution is 5.94. The zero-order valence-electron chi connectivity index (χ0n) is 13.9. The van der Waals surface area contributed by atoms with Crippen molar-refractivity contribution in [2.75, 3.05) is 6.54 Å².